The van der Waals surface area contributed by atoms with Crippen LogP contribution in [-0.4, -0.2) is 28.4 Å². The van der Waals surface area contributed by atoms with Crippen LogP contribution in [-0.2, 0) is 7.05 Å². The highest BCUT2D eigenvalue weighted by atomic mass is 16.5. The van der Waals surface area contributed by atoms with Crippen molar-refractivity contribution >= 4 is 6.29 Å². The van der Waals surface area contributed by atoms with Crippen LogP contribution in [0.4, 0.5) is 0 Å². The predicted molar refractivity (Wildman–Crippen MR) is 58.4 cm³/mol. The number of aldehydes is 1. The molecule has 0 fully saturated rings. The molecular formula is C11H11N3O2. The van der Waals surface area contributed by atoms with Gasteiger partial charge in [-0.05, 0) is 24.3 Å². The normalized spacial score (nSPS) is 10.1. The predicted octanol–water partition coefficient (Wildman–Crippen LogP) is 1.30. The Bertz CT molecular complexity index is 502. The molecule has 2 rings (SSSR count). The first-order valence-electron chi connectivity index (χ1n) is 4.75. The summed E-state index contributed by atoms with van der Waals surface area (Å²) in [5, 5.41) is 7.58. The van der Waals surface area contributed by atoms with E-state index in [1.165, 1.54) is 0 Å². The summed E-state index contributed by atoms with van der Waals surface area (Å²) in [6.45, 7) is 0. The zero-order valence-corrected chi connectivity index (χ0v) is 9.04. The maximum atomic E-state index is 10.8. The fourth-order valence-electron chi connectivity index (χ4n) is 1.54. The zero-order valence-electron chi connectivity index (χ0n) is 9.04. The molecule has 0 spiro atoms. The van der Waals surface area contributed by atoms with Gasteiger partial charge in [0.05, 0.1) is 12.8 Å². The third kappa shape index (κ3) is 1.67. The molecule has 82 valence electrons. The summed E-state index contributed by atoms with van der Waals surface area (Å²) in [6, 6.07) is 7.39. The topological polar surface area (TPSA) is 57.0 Å². The Morgan fingerprint density at radius 3 is 2.56 bits per heavy atom. The Morgan fingerprint density at radius 1 is 1.31 bits per heavy atom. The van der Waals surface area contributed by atoms with Crippen LogP contribution in [0.3, 0.4) is 0 Å². The number of carbonyl (C=O) groups excluding carboxylic acids is 1. The molecule has 0 aliphatic heterocycles. The maximum Gasteiger partial charge on any atom is 0.172 e. The Kier molecular flexibility index (Phi) is 2.68. The summed E-state index contributed by atoms with van der Waals surface area (Å²) in [5.41, 5.74) is 1.93. The summed E-state index contributed by atoms with van der Waals surface area (Å²) < 4.78 is 6.64. The minimum atomic E-state index is 0.340. The van der Waals surface area contributed by atoms with E-state index in [0.717, 1.165) is 11.3 Å². The van der Waals surface area contributed by atoms with Crippen LogP contribution in [0, 0.1) is 0 Å². The molecule has 0 radical (unpaired) electrons. The second-order valence-corrected chi connectivity index (χ2v) is 3.29. The van der Waals surface area contributed by atoms with Gasteiger partial charge in [-0.1, -0.05) is 5.21 Å². The molecule has 2 aromatic rings. The van der Waals surface area contributed by atoms with Crippen LogP contribution in [0.15, 0.2) is 24.3 Å². The fraction of sp³-hybridized carbons (Fsp3) is 0.182. The highest BCUT2D eigenvalue weighted by molar-refractivity contribution is 5.83. The highest BCUT2D eigenvalue weighted by Crippen LogP contribution is 2.23. The van der Waals surface area contributed by atoms with Gasteiger partial charge in [0.2, 0.25) is 0 Å². The van der Waals surface area contributed by atoms with Gasteiger partial charge in [0.25, 0.3) is 0 Å². The van der Waals surface area contributed by atoms with Crippen LogP contribution < -0.4 is 4.74 Å². The van der Waals surface area contributed by atoms with Gasteiger partial charge in [-0.15, -0.1) is 5.10 Å². The van der Waals surface area contributed by atoms with E-state index >= 15 is 0 Å². The van der Waals surface area contributed by atoms with Crippen molar-refractivity contribution in [2.45, 2.75) is 0 Å². The second kappa shape index (κ2) is 4.14. The van der Waals surface area contributed by atoms with E-state index in [0.29, 0.717) is 17.7 Å². The maximum absolute atomic E-state index is 10.8. The Hall–Kier alpha value is -2.17. The lowest BCUT2D eigenvalue weighted by Crippen LogP contribution is -1.95. The van der Waals surface area contributed by atoms with E-state index in [1.54, 1.807) is 18.8 Å². The first-order chi connectivity index (χ1) is 7.76. The monoisotopic (exact) mass is 217 g/mol. The van der Waals surface area contributed by atoms with Gasteiger partial charge < -0.3 is 4.74 Å². The van der Waals surface area contributed by atoms with Crippen molar-refractivity contribution in [3.63, 3.8) is 0 Å². The van der Waals surface area contributed by atoms with E-state index < -0.39 is 0 Å². The number of ether oxygens (including phenoxy) is 1. The van der Waals surface area contributed by atoms with Crippen molar-refractivity contribution < 1.29 is 9.53 Å². The molecule has 0 bridgehead atoms. The van der Waals surface area contributed by atoms with Crippen molar-refractivity contribution in [3.05, 3.63) is 30.0 Å². The average molecular weight is 217 g/mol. The molecular weight excluding hydrogens is 206 g/mol. The minimum absolute atomic E-state index is 0.340. The van der Waals surface area contributed by atoms with Gasteiger partial charge in [0.1, 0.15) is 5.75 Å². The number of hydrogen-bond acceptors (Lipinski definition) is 4. The molecule has 0 saturated carbocycles. The molecule has 1 aromatic carbocycles. The van der Waals surface area contributed by atoms with Crippen LogP contribution in [0.5, 0.6) is 5.75 Å². The van der Waals surface area contributed by atoms with Crippen LogP contribution >= 0.6 is 0 Å². The van der Waals surface area contributed by atoms with E-state index in [1.807, 2.05) is 24.3 Å². The van der Waals surface area contributed by atoms with Gasteiger partial charge in [-0.2, -0.15) is 0 Å². The van der Waals surface area contributed by atoms with Crippen LogP contribution in [0.2, 0.25) is 0 Å². The van der Waals surface area contributed by atoms with E-state index in [9.17, 15) is 4.79 Å². The smallest absolute Gasteiger partial charge is 0.172 e. The van der Waals surface area contributed by atoms with Crippen LogP contribution in [0.1, 0.15) is 10.5 Å². The van der Waals surface area contributed by atoms with Gasteiger partial charge in [0.15, 0.2) is 12.0 Å². The highest BCUT2D eigenvalue weighted by Gasteiger charge is 2.11. The van der Waals surface area contributed by atoms with Crippen molar-refractivity contribution in [2.24, 2.45) is 7.05 Å². The van der Waals surface area contributed by atoms with Gasteiger partial charge >= 0.3 is 0 Å². The van der Waals surface area contributed by atoms with E-state index in [2.05, 4.69) is 10.3 Å². The van der Waals surface area contributed by atoms with E-state index in [-0.39, 0.29) is 0 Å². The second-order valence-electron chi connectivity index (χ2n) is 3.29. The molecule has 0 atom stereocenters. The standard InChI is InChI=1S/C11H11N3O2/c1-14-11(10(7-15)12-13-14)8-3-5-9(16-2)6-4-8/h3-7H,1-2H3. The Labute approximate surface area is 92.7 Å². The average Bonchev–Trinajstić information content (AvgIpc) is 2.70. The van der Waals surface area contributed by atoms with Crippen molar-refractivity contribution in [1.29, 1.82) is 0 Å². The van der Waals surface area contributed by atoms with Gasteiger partial charge in [0, 0.05) is 12.6 Å². The molecule has 0 aliphatic carbocycles. The number of hydrogen-bond donors (Lipinski definition) is 0. The number of rotatable bonds is 3. The summed E-state index contributed by atoms with van der Waals surface area (Å²) >= 11 is 0. The first-order valence-corrected chi connectivity index (χ1v) is 4.75. The fourth-order valence-corrected chi connectivity index (χ4v) is 1.54. The number of nitrogens with zero attached hydrogens (tertiary/aromatic N) is 3. The molecule has 0 N–H and O–H groups in total. The lowest BCUT2D eigenvalue weighted by atomic mass is 10.1. The lowest BCUT2D eigenvalue weighted by molar-refractivity contribution is 0.111. The van der Waals surface area contributed by atoms with Gasteiger partial charge in [-0.25, -0.2) is 4.68 Å². The first kappa shape index (κ1) is 10.4. The summed E-state index contributed by atoms with van der Waals surface area (Å²) in [5.74, 6) is 0.770. The summed E-state index contributed by atoms with van der Waals surface area (Å²) in [4.78, 5) is 10.8. The van der Waals surface area contributed by atoms with Gasteiger partial charge in [-0.3, -0.25) is 4.79 Å². The largest absolute Gasteiger partial charge is 0.497 e. The Morgan fingerprint density at radius 2 is 2.00 bits per heavy atom. The number of methoxy groups -OCH3 is 1. The lowest BCUT2D eigenvalue weighted by Gasteiger charge is -2.03. The molecule has 16 heavy (non-hydrogen) atoms. The molecule has 0 amide bonds. The minimum Gasteiger partial charge on any atom is -0.497 e. The number of carbonyl (C=O) groups is 1. The third-order valence-electron chi connectivity index (χ3n) is 2.33. The Balaban J connectivity index is 2.49. The molecule has 1 aromatic heterocycles. The molecule has 0 unspecified atom stereocenters. The number of aromatic nitrogens is 3. The van der Waals surface area contributed by atoms with Crippen molar-refractivity contribution in [2.75, 3.05) is 7.11 Å². The molecule has 0 aliphatic rings. The molecule has 0 saturated heterocycles. The molecule has 5 nitrogen and oxygen atoms in total. The number of benzene rings is 1. The van der Waals surface area contributed by atoms with Crippen molar-refractivity contribution in [3.8, 4) is 17.0 Å². The summed E-state index contributed by atoms with van der Waals surface area (Å²) in [6.07, 6.45) is 0.701. The quantitative estimate of drug-likeness (QED) is 0.727. The van der Waals surface area contributed by atoms with Crippen molar-refractivity contribution in [1.82, 2.24) is 15.0 Å². The molecule has 1 heterocycles. The summed E-state index contributed by atoms with van der Waals surface area (Å²) in [7, 11) is 3.36. The molecule has 5 heteroatoms. The zero-order chi connectivity index (χ0) is 11.5. The van der Waals surface area contributed by atoms with E-state index in [4.69, 9.17) is 4.74 Å². The number of aryl methyl sites for hydroxylation is 1. The SMILES string of the molecule is COc1ccc(-c2c(C=O)nnn2C)cc1. The van der Waals surface area contributed by atoms with Crippen LogP contribution in [0.25, 0.3) is 11.3 Å². The third-order valence-corrected chi connectivity index (χ3v) is 2.33.